The Hall–Kier alpha value is -1.64. The minimum atomic E-state index is -0.0615. The van der Waals surface area contributed by atoms with Gasteiger partial charge in [0.25, 0.3) is 0 Å². The Labute approximate surface area is 148 Å². The lowest BCUT2D eigenvalue weighted by molar-refractivity contribution is 0.130. The Morgan fingerprint density at radius 3 is 2.96 bits per heavy atom. The Morgan fingerprint density at radius 1 is 1.36 bits per heavy atom. The van der Waals surface area contributed by atoms with Crippen molar-refractivity contribution in [1.29, 1.82) is 0 Å². The van der Waals surface area contributed by atoms with Gasteiger partial charge >= 0.3 is 6.03 Å². The van der Waals surface area contributed by atoms with Crippen LogP contribution in [0.1, 0.15) is 25.7 Å². The number of hydrogen-bond acceptors (Lipinski definition) is 5. The van der Waals surface area contributed by atoms with Crippen LogP contribution in [-0.4, -0.2) is 82.8 Å². The first-order valence-electron chi connectivity index (χ1n) is 9.15. The second-order valence-corrected chi connectivity index (χ2v) is 6.88. The summed E-state index contributed by atoms with van der Waals surface area (Å²) in [5.41, 5.74) is 0.709. The normalized spacial score (nSPS) is 24.2. The van der Waals surface area contributed by atoms with Crippen LogP contribution in [0.2, 0.25) is 0 Å². The van der Waals surface area contributed by atoms with Crippen LogP contribution < -0.4 is 5.32 Å². The Bertz CT molecular complexity index is 564. The first-order valence-corrected chi connectivity index (χ1v) is 9.15. The van der Waals surface area contributed by atoms with E-state index < -0.39 is 0 Å². The summed E-state index contributed by atoms with van der Waals surface area (Å²) in [6.07, 6.45) is 7.73. The fourth-order valence-electron chi connectivity index (χ4n) is 3.84. The molecule has 2 fully saturated rings. The lowest BCUT2D eigenvalue weighted by atomic mass is 10.2. The zero-order chi connectivity index (χ0) is 17.6. The Kier molecular flexibility index (Phi) is 6.28. The highest BCUT2D eigenvalue weighted by molar-refractivity contribution is 5.89. The molecule has 3 rings (SSSR count). The second kappa shape index (κ2) is 8.64. The molecule has 2 aliphatic rings. The van der Waals surface area contributed by atoms with E-state index in [0.717, 1.165) is 45.3 Å². The largest absolute Gasteiger partial charge is 0.395 e. The molecule has 25 heavy (non-hydrogen) atoms. The van der Waals surface area contributed by atoms with Gasteiger partial charge in [0.05, 0.1) is 31.6 Å². The molecule has 0 spiro atoms. The maximum Gasteiger partial charge on any atom is 0.322 e. The van der Waals surface area contributed by atoms with Crippen LogP contribution in [0.15, 0.2) is 12.4 Å². The van der Waals surface area contributed by atoms with Crippen molar-refractivity contribution in [2.75, 3.05) is 45.3 Å². The van der Waals surface area contributed by atoms with E-state index in [1.807, 2.05) is 11.1 Å². The number of urea groups is 1. The zero-order valence-corrected chi connectivity index (χ0v) is 14.9. The van der Waals surface area contributed by atoms with Crippen LogP contribution >= 0.6 is 0 Å². The van der Waals surface area contributed by atoms with Crippen molar-refractivity contribution >= 4 is 11.7 Å². The van der Waals surface area contributed by atoms with Gasteiger partial charge in [-0.15, -0.1) is 0 Å². The molecule has 2 saturated heterocycles. The SMILES string of the molecule is COCCn1cc(NC(=O)N2CCC[C@@H]2CN2CCC[C@@H]2CO)cn1. The van der Waals surface area contributed by atoms with Crippen molar-refractivity contribution in [2.24, 2.45) is 0 Å². The summed E-state index contributed by atoms with van der Waals surface area (Å²) in [7, 11) is 1.65. The first kappa shape index (κ1) is 18.2. The summed E-state index contributed by atoms with van der Waals surface area (Å²) in [5, 5.41) is 16.7. The van der Waals surface area contributed by atoms with Gasteiger partial charge < -0.3 is 20.1 Å². The number of rotatable bonds is 7. The van der Waals surface area contributed by atoms with Crippen LogP contribution in [0.3, 0.4) is 0 Å². The summed E-state index contributed by atoms with van der Waals surface area (Å²) in [5.74, 6) is 0. The third-order valence-corrected chi connectivity index (χ3v) is 5.20. The first-order chi connectivity index (χ1) is 12.2. The van der Waals surface area contributed by atoms with Gasteiger partial charge in [0.15, 0.2) is 0 Å². The summed E-state index contributed by atoms with van der Waals surface area (Å²) in [6.45, 7) is 4.11. The zero-order valence-electron chi connectivity index (χ0n) is 14.9. The smallest absolute Gasteiger partial charge is 0.322 e. The van der Waals surface area contributed by atoms with E-state index in [-0.39, 0.29) is 24.7 Å². The van der Waals surface area contributed by atoms with Gasteiger partial charge in [-0.1, -0.05) is 0 Å². The Balaban J connectivity index is 1.54. The van der Waals surface area contributed by atoms with E-state index in [4.69, 9.17) is 4.74 Å². The fourth-order valence-corrected chi connectivity index (χ4v) is 3.84. The highest BCUT2D eigenvalue weighted by atomic mass is 16.5. The lowest BCUT2D eigenvalue weighted by Crippen LogP contribution is -2.46. The number of aliphatic hydroxyl groups is 1. The number of nitrogens with one attached hydrogen (secondary N) is 1. The standard InChI is InChI=1S/C17H29N5O3/c1-25-9-8-21-11-14(10-18-21)19-17(24)22-7-3-4-15(22)12-20-6-2-5-16(20)13-23/h10-11,15-16,23H,2-9,12-13H2,1H3,(H,19,24)/t15-,16-/m1/s1. The van der Waals surface area contributed by atoms with E-state index in [2.05, 4.69) is 15.3 Å². The van der Waals surface area contributed by atoms with Crippen molar-refractivity contribution < 1.29 is 14.6 Å². The predicted octanol–water partition coefficient (Wildman–Crippen LogP) is 0.983. The summed E-state index contributed by atoms with van der Waals surface area (Å²) in [6, 6.07) is 0.411. The summed E-state index contributed by atoms with van der Waals surface area (Å²) >= 11 is 0. The number of carbonyl (C=O) groups is 1. The number of carbonyl (C=O) groups excluding carboxylic acids is 1. The van der Waals surface area contributed by atoms with Gasteiger partial charge in [0.1, 0.15) is 0 Å². The summed E-state index contributed by atoms with van der Waals surface area (Å²) in [4.78, 5) is 16.9. The molecule has 2 N–H and O–H groups in total. The maximum absolute atomic E-state index is 12.7. The average Bonchev–Trinajstić information content (AvgIpc) is 3.34. The second-order valence-electron chi connectivity index (χ2n) is 6.88. The molecule has 1 aromatic heterocycles. The summed E-state index contributed by atoms with van der Waals surface area (Å²) < 4.78 is 6.79. The number of likely N-dealkylation sites (tertiary alicyclic amines) is 2. The number of aromatic nitrogens is 2. The minimum absolute atomic E-state index is 0.0615. The number of aliphatic hydroxyl groups excluding tert-OH is 1. The number of nitrogens with zero attached hydrogens (tertiary/aromatic N) is 4. The molecule has 8 nitrogen and oxygen atoms in total. The van der Waals surface area contributed by atoms with Crippen molar-refractivity contribution in [3.05, 3.63) is 12.4 Å². The third kappa shape index (κ3) is 4.50. The van der Waals surface area contributed by atoms with Gasteiger partial charge in [0, 0.05) is 38.5 Å². The van der Waals surface area contributed by atoms with Gasteiger partial charge in [-0.05, 0) is 32.2 Å². The molecule has 2 amide bonds. The number of methoxy groups -OCH3 is 1. The lowest BCUT2D eigenvalue weighted by Gasteiger charge is -2.31. The number of amides is 2. The van der Waals surface area contributed by atoms with Crippen LogP contribution in [-0.2, 0) is 11.3 Å². The van der Waals surface area contributed by atoms with Crippen LogP contribution in [0.4, 0.5) is 10.5 Å². The molecular weight excluding hydrogens is 322 g/mol. The highest BCUT2D eigenvalue weighted by Crippen LogP contribution is 2.24. The molecule has 0 saturated carbocycles. The highest BCUT2D eigenvalue weighted by Gasteiger charge is 2.33. The fraction of sp³-hybridized carbons (Fsp3) is 0.765. The van der Waals surface area contributed by atoms with E-state index in [1.165, 1.54) is 0 Å². The molecule has 0 unspecified atom stereocenters. The van der Waals surface area contributed by atoms with E-state index in [1.54, 1.807) is 18.0 Å². The number of ether oxygens (including phenoxy) is 1. The Morgan fingerprint density at radius 2 is 2.16 bits per heavy atom. The van der Waals surface area contributed by atoms with Crippen LogP contribution in [0, 0.1) is 0 Å². The van der Waals surface area contributed by atoms with Gasteiger partial charge in [-0.25, -0.2) is 4.79 Å². The van der Waals surface area contributed by atoms with Crippen LogP contribution in [0.5, 0.6) is 0 Å². The molecular formula is C17H29N5O3. The maximum atomic E-state index is 12.7. The third-order valence-electron chi connectivity index (χ3n) is 5.20. The predicted molar refractivity (Wildman–Crippen MR) is 94.5 cm³/mol. The van der Waals surface area contributed by atoms with Crippen molar-refractivity contribution in [3.63, 3.8) is 0 Å². The quantitative estimate of drug-likeness (QED) is 0.765. The molecule has 0 bridgehead atoms. The number of hydrogen-bond donors (Lipinski definition) is 2. The van der Waals surface area contributed by atoms with E-state index in [9.17, 15) is 9.90 Å². The molecule has 0 aliphatic carbocycles. The van der Waals surface area contributed by atoms with Gasteiger partial charge in [-0.2, -0.15) is 5.10 Å². The van der Waals surface area contributed by atoms with Crippen molar-refractivity contribution in [1.82, 2.24) is 19.6 Å². The van der Waals surface area contributed by atoms with E-state index in [0.29, 0.717) is 18.8 Å². The van der Waals surface area contributed by atoms with E-state index >= 15 is 0 Å². The molecule has 0 radical (unpaired) electrons. The molecule has 2 atom stereocenters. The molecule has 140 valence electrons. The van der Waals surface area contributed by atoms with Crippen molar-refractivity contribution in [2.45, 2.75) is 44.3 Å². The average molecular weight is 351 g/mol. The number of anilines is 1. The van der Waals surface area contributed by atoms with Gasteiger partial charge in [-0.3, -0.25) is 9.58 Å². The van der Waals surface area contributed by atoms with Crippen molar-refractivity contribution in [3.8, 4) is 0 Å². The molecule has 0 aromatic carbocycles. The molecule has 3 heterocycles. The van der Waals surface area contributed by atoms with Crippen LogP contribution in [0.25, 0.3) is 0 Å². The van der Waals surface area contributed by atoms with Gasteiger partial charge in [0.2, 0.25) is 0 Å². The molecule has 2 aliphatic heterocycles. The minimum Gasteiger partial charge on any atom is -0.395 e. The molecule has 1 aromatic rings. The molecule has 8 heteroatoms. The monoisotopic (exact) mass is 351 g/mol. The topological polar surface area (TPSA) is 82.9 Å².